The van der Waals surface area contributed by atoms with E-state index in [4.69, 9.17) is 0 Å². The maximum atomic E-state index is 12.5. The molecule has 1 amide bonds. The minimum Gasteiger partial charge on any atom is -0.354 e. The smallest absolute Gasteiger partial charge is 0.240 e. The summed E-state index contributed by atoms with van der Waals surface area (Å²) in [6, 6.07) is 2.30. The van der Waals surface area contributed by atoms with Crippen LogP contribution < -0.4 is 5.32 Å². The first kappa shape index (κ1) is 17.0. The molecule has 2 unspecified atom stereocenters. The lowest BCUT2D eigenvalue weighted by molar-refractivity contribution is -0.129. The Kier molecular flexibility index (Phi) is 7.05. The van der Waals surface area contributed by atoms with Gasteiger partial charge in [0.25, 0.3) is 0 Å². The largest absolute Gasteiger partial charge is 0.354 e. The molecule has 1 saturated carbocycles. The van der Waals surface area contributed by atoms with E-state index >= 15 is 0 Å². The number of amides is 1. The number of nitrogens with one attached hydrogen (secondary N) is 1. The number of hydrogen-bond donors (Lipinski definition) is 1. The Bertz CT molecular complexity index is 339. The van der Waals surface area contributed by atoms with Crippen LogP contribution in [0.2, 0.25) is 0 Å². The highest BCUT2D eigenvalue weighted by Crippen LogP contribution is 2.31. The molecule has 0 spiro atoms. The minimum atomic E-state index is -0.804. The maximum Gasteiger partial charge on any atom is 0.240 e. The van der Waals surface area contributed by atoms with E-state index < -0.39 is 5.41 Å². The van der Waals surface area contributed by atoms with E-state index in [0.717, 1.165) is 19.4 Å². The van der Waals surface area contributed by atoms with Crippen LogP contribution in [0.5, 0.6) is 0 Å². The highest BCUT2D eigenvalue weighted by molar-refractivity contribution is 5.85. The summed E-state index contributed by atoms with van der Waals surface area (Å²) in [6.45, 7) is 7.11. The number of nitrogens with zero attached hydrogens (tertiary/aromatic N) is 1. The van der Waals surface area contributed by atoms with Crippen molar-refractivity contribution in [3.8, 4) is 6.07 Å². The molecule has 0 aromatic carbocycles. The molecule has 3 heteroatoms. The van der Waals surface area contributed by atoms with E-state index in [-0.39, 0.29) is 5.91 Å². The summed E-state index contributed by atoms with van der Waals surface area (Å²) >= 11 is 0. The Morgan fingerprint density at radius 1 is 1.25 bits per heavy atom. The molecule has 20 heavy (non-hydrogen) atoms. The molecule has 0 saturated heterocycles. The summed E-state index contributed by atoms with van der Waals surface area (Å²) in [4.78, 5) is 12.5. The normalized spacial score (nSPS) is 23.1. The molecular formula is C17H30N2O. The zero-order valence-corrected chi connectivity index (χ0v) is 13.4. The van der Waals surface area contributed by atoms with E-state index in [0.29, 0.717) is 24.7 Å². The second-order valence-electron chi connectivity index (χ2n) is 6.43. The van der Waals surface area contributed by atoms with Gasteiger partial charge in [-0.05, 0) is 31.1 Å². The Balaban J connectivity index is 2.59. The molecule has 3 nitrogen and oxygen atoms in total. The number of carbonyl (C=O) groups excluding carboxylic acids is 1. The van der Waals surface area contributed by atoms with Crippen LogP contribution in [0.15, 0.2) is 0 Å². The number of carbonyl (C=O) groups is 1. The Labute approximate surface area is 124 Å². The molecule has 0 bridgehead atoms. The third-order valence-electron chi connectivity index (χ3n) is 4.82. The highest BCUT2D eigenvalue weighted by atomic mass is 16.2. The number of nitriles is 1. The van der Waals surface area contributed by atoms with Gasteiger partial charge in [-0.2, -0.15) is 5.26 Å². The van der Waals surface area contributed by atoms with Gasteiger partial charge in [0.1, 0.15) is 5.41 Å². The molecule has 0 aromatic heterocycles. The zero-order chi connectivity index (χ0) is 15.0. The van der Waals surface area contributed by atoms with Crippen LogP contribution >= 0.6 is 0 Å². The highest BCUT2D eigenvalue weighted by Gasteiger charge is 2.37. The molecule has 2 atom stereocenters. The van der Waals surface area contributed by atoms with E-state index in [9.17, 15) is 10.1 Å². The molecule has 0 radical (unpaired) electrons. The van der Waals surface area contributed by atoms with Crippen molar-refractivity contribution in [2.45, 2.75) is 72.1 Å². The van der Waals surface area contributed by atoms with E-state index in [1.54, 1.807) is 0 Å². The average molecular weight is 278 g/mol. The molecule has 1 fully saturated rings. The van der Waals surface area contributed by atoms with Crippen molar-refractivity contribution in [1.82, 2.24) is 5.32 Å². The predicted octanol–water partition coefficient (Wildman–Crippen LogP) is 4.04. The topological polar surface area (TPSA) is 52.9 Å². The predicted molar refractivity (Wildman–Crippen MR) is 82.0 cm³/mol. The quantitative estimate of drug-likeness (QED) is 0.764. The fourth-order valence-electron chi connectivity index (χ4n) is 3.46. The van der Waals surface area contributed by atoms with Crippen LogP contribution in [-0.2, 0) is 4.79 Å². The van der Waals surface area contributed by atoms with Gasteiger partial charge in [-0.25, -0.2) is 0 Å². The van der Waals surface area contributed by atoms with Crippen LogP contribution in [0.4, 0.5) is 0 Å². The van der Waals surface area contributed by atoms with Gasteiger partial charge in [-0.15, -0.1) is 0 Å². The summed E-state index contributed by atoms with van der Waals surface area (Å²) in [5, 5.41) is 12.6. The second kappa shape index (κ2) is 8.29. The summed E-state index contributed by atoms with van der Waals surface area (Å²) in [7, 11) is 0. The fourth-order valence-corrected chi connectivity index (χ4v) is 3.46. The lowest BCUT2D eigenvalue weighted by atomic mass is 9.78. The van der Waals surface area contributed by atoms with Gasteiger partial charge in [0, 0.05) is 6.54 Å². The van der Waals surface area contributed by atoms with Crippen molar-refractivity contribution in [3.63, 3.8) is 0 Å². The molecule has 0 aromatic rings. The number of rotatable bonds is 7. The molecule has 0 aliphatic heterocycles. The minimum absolute atomic E-state index is 0.0403. The van der Waals surface area contributed by atoms with E-state index in [1.165, 1.54) is 25.7 Å². The zero-order valence-electron chi connectivity index (χ0n) is 13.4. The fraction of sp³-hybridized carbons (Fsp3) is 0.882. The Hall–Kier alpha value is -1.04. The van der Waals surface area contributed by atoms with Gasteiger partial charge in [0.2, 0.25) is 5.91 Å². The maximum absolute atomic E-state index is 12.5. The summed E-state index contributed by atoms with van der Waals surface area (Å²) in [6.07, 6.45) is 8.17. The van der Waals surface area contributed by atoms with Crippen LogP contribution in [0.3, 0.4) is 0 Å². The molecule has 0 heterocycles. The van der Waals surface area contributed by atoms with Crippen molar-refractivity contribution < 1.29 is 4.79 Å². The van der Waals surface area contributed by atoms with Crippen LogP contribution in [0.1, 0.15) is 72.1 Å². The molecule has 1 aliphatic carbocycles. The molecular weight excluding hydrogens is 248 g/mol. The molecule has 114 valence electrons. The first-order valence-corrected chi connectivity index (χ1v) is 8.29. The summed E-state index contributed by atoms with van der Waals surface area (Å²) in [5.41, 5.74) is -0.804. The summed E-state index contributed by atoms with van der Waals surface area (Å²) in [5.74, 6) is 1.24. The van der Waals surface area contributed by atoms with Crippen LogP contribution in [0.25, 0.3) is 0 Å². The lowest BCUT2D eigenvalue weighted by Gasteiger charge is -2.31. The SMILES string of the molecule is CCCC(C#N)(CCC)C(=O)NCC1CCCCC1C. The van der Waals surface area contributed by atoms with Crippen LogP contribution in [0, 0.1) is 28.6 Å². The lowest BCUT2D eigenvalue weighted by Crippen LogP contribution is -2.43. The third-order valence-corrected chi connectivity index (χ3v) is 4.82. The first-order valence-electron chi connectivity index (χ1n) is 8.29. The van der Waals surface area contributed by atoms with Crippen molar-refractivity contribution in [3.05, 3.63) is 0 Å². The molecule has 1 N–H and O–H groups in total. The summed E-state index contributed by atoms with van der Waals surface area (Å²) < 4.78 is 0. The van der Waals surface area contributed by atoms with Gasteiger partial charge < -0.3 is 5.32 Å². The average Bonchev–Trinajstić information content (AvgIpc) is 2.45. The van der Waals surface area contributed by atoms with Crippen LogP contribution in [-0.4, -0.2) is 12.5 Å². The first-order chi connectivity index (χ1) is 9.59. The van der Waals surface area contributed by atoms with E-state index in [1.807, 2.05) is 13.8 Å². The second-order valence-corrected chi connectivity index (χ2v) is 6.43. The van der Waals surface area contributed by atoms with Gasteiger partial charge in [-0.1, -0.05) is 52.9 Å². The monoisotopic (exact) mass is 278 g/mol. The van der Waals surface area contributed by atoms with Crippen molar-refractivity contribution in [2.75, 3.05) is 6.54 Å². The Morgan fingerprint density at radius 2 is 1.85 bits per heavy atom. The molecule has 1 aliphatic rings. The van der Waals surface area contributed by atoms with Crippen molar-refractivity contribution >= 4 is 5.91 Å². The van der Waals surface area contributed by atoms with Crippen molar-refractivity contribution in [1.29, 1.82) is 5.26 Å². The van der Waals surface area contributed by atoms with Gasteiger partial charge in [0.15, 0.2) is 0 Å². The Morgan fingerprint density at radius 3 is 2.35 bits per heavy atom. The standard InChI is InChI=1S/C17H30N2O/c1-4-10-17(13-18,11-5-2)16(20)19-12-15-9-7-6-8-14(15)3/h14-15H,4-12H2,1-3H3,(H,19,20). The van der Waals surface area contributed by atoms with E-state index in [2.05, 4.69) is 18.3 Å². The van der Waals surface area contributed by atoms with Gasteiger partial charge in [-0.3, -0.25) is 4.79 Å². The van der Waals surface area contributed by atoms with Gasteiger partial charge in [0.05, 0.1) is 6.07 Å². The van der Waals surface area contributed by atoms with Gasteiger partial charge >= 0.3 is 0 Å². The third kappa shape index (κ3) is 4.23. The van der Waals surface area contributed by atoms with Crippen molar-refractivity contribution in [2.24, 2.45) is 17.3 Å². The number of hydrogen-bond acceptors (Lipinski definition) is 2. The molecule has 1 rings (SSSR count).